The van der Waals surface area contributed by atoms with Crippen molar-refractivity contribution in [2.75, 3.05) is 18.0 Å². The van der Waals surface area contributed by atoms with Gasteiger partial charge >= 0.3 is 0 Å². The number of anilines is 1. The molecule has 3 heterocycles. The quantitative estimate of drug-likeness (QED) is 0.787. The lowest BCUT2D eigenvalue weighted by molar-refractivity contribution is 0.494. The van der Waals surface area contributed by atoms with Crippen molar-refractivity contribution in [1.82, 2.24) is 9.97 Å². The molecule has 2 aliphatic rings. The smallest absolute Gasteiger partial charge is 0.150 e. The summed E-state index contributed by atoms with van der Waals surface area (Å²) in [6.45, 7) is 4.54. The number of rotatable bonds is 1. The van der Waals surface area contributed by atoms with Crippen LogP contribution in [0.15, 0.2) is 11.7 Å². The van der Waals surface area contributed by atoms with Crippen molar-refractivity contribution in [3.63, 3.8) is 0 Å². The molecular weight excluding hydrogens is 242 g/mol. The molecule has 0 radical (unpaired) electrons. The van der Waals surface area contributed by atoms with Gasteiger partial charge in [-0.1, -0.05) is 6.42 Å². The molecule has 4 heteroatoms. The molecule has 0 N–H and O–H groups in total. The molecule has 0 spiro atoms. The van der Waals surface area contributed by atoms with E-state index in [1.165, 1.54) is 48.4 Å². The average Bonchev–Trinajstić information content (AvgIpc) is 3.03. The third-order valence-electron chi connectivity index (χ3n) is 4.54. The number of aryl methyl sites for hydroxylation is 1. The zero-order valence-corrected chi connectivity index (χ0v) is 11.4. The topological polar surface area (TPSA) is 29.0 Å². The highest BCUT2D eigenvalue weighted by Crippen LogP contribution is 2.41. The van der Waals surface area contributed by atoms with E-state index in [-0.39, 0.29) is 0 Å². The summed E-state index contributed by atoms with van der Waals surface area (Å²) in [6, 6.07) is 0. The molecule has 4 rings (SSSR count). The molecule has 3 nitrogen and oxygen atoms in total. The summed E-state index contributed by atoms with van der Waals surface area (Å²) >= 11 is 1.79. The Morgan fingerprint density at radius 3 is 2.78 bits per heavy atom. The van der Waals surface area contributed by atoms with Crippen LogP contribution in [-0.4, -0.2) is 23.1 Å². The predicted molar refractivity (Wildman–Crippen MR) is 75.2 cm³/mol. The van der Waals surface area contributed by atoms with Crippen molar-refractivity contribution < 1.29 is 0 Å². The van der Waals surface area contributed by atoms with Gasteiger partial charge in [-0.25, -0.2) is 9.97 Å². The van der Waals surface area contributed by atoms with Crippen molar-refractivity contribution in [3.05, 3.63) is 17.3 Å². The Balaban J connectivity index is 1.75. The van der Waals surface area contributed by atoms with Crippen molar-refractivity contribution in [3.8, 4) is 0 Å². The maximum absolute atomic E-state index is 4.55. The van der Waals surface area contributed by atoms with E-state index in [1.807, 2.05) is 0 Å². The molecule has 1 saturated heterocycles. The van der Waals surface area contributed by atoms with Gasteiger partial charge in [-0.05, 0) is 42.5 Å². The van der Waals surface area contributed by atoms with E-state index in [0.29, 0.717) is 0 Å². The molecule has 1 aliphatic carbocycles. The van der Waals surface area contributed by atoms with Crippen LogP contribution in [0, 0.1) is 18.8 Å². The van der Waals surface area contributed by atoms with E-state index in [2.05, 4.69) is 27.2 Å². The predicted octanol–water partition coefficient (Wildman–Crippen LogP) is 3.24. The van der Waals surface area contributed by atoms with Crippen molar-refractivity contribution in [2.24, 2.45) is 11.8 Å². The van der Waals surface area contributed by atoms with Gasteiger partial charge in [0.15, 0.2) is 0 Å². The lowest BCUT2D eigenvalue weighted by Gasteiger charge is -2.18. The molecule has 18 heavy (non-hydrogen) atoms. The minimum Gasteiger partial charge on any atom is -0.355 e. The van der Waals surface area contributed by atoms with E-state index in [0.717, 1.165) is 17.4 Å². The Bertz CT molecular complexity index is 580. The first-order valence-corrected chi connectivity index (χ1v) is 7.64. The van der Waals surface area contributed by atoms with Crippen LogP contribution in [0.3, 0.4) is 0 Å². The minimum absolute atomic E-state index is 0.913. The second-order valence-corrected chi connectivity index (χ2v) is 6.53. The first-order chi connectivity index (χ1) is 8.83. The molecule has 2 fully saturated rings. The van der Waals surface area contributed by atoms with Gasteiger partial charge in [0.05, 0.1) is 10.2 Å². The standard InChI is InChI=1S/C14H17N3S/c1-9-7-18-13-12(9)15-8-16-14(13)17-5-10-3-2-4-11(10)6-17/h7-8,10-11H,2-6H2,1H3. The molecule has 0 aromatic carbocycles. The molecule has 0 amide bonds. The van der Waals surface area contributed by atoms with Gasteiger partial charge in [-0.2, -0.15) is 0 Å². The zero-order chi connectivity index (χ0) is 12.1. The molecule has 2 aromatic rings. The van der Waals surface area contributed by atoms with Crippen LogP contribution in [0.25, 0.3) is 10.2 Å². The molecule has 2 aromatic heterocycles. The second-order valence-electron chi connectivity index (χ2n) is 5.65. The maximum atomic E-state index is 4.55. The molecule has 2 unspecified atom stereocenters. The van der Waals surface area contributed by atoms with Gasteiger partial charge in [0.2, 0.25) is 0 Å². The summed E-state index contributed by atoms with van der Waals surface area (Å²) in [5.74, 6) is 3.00. The molecule has 0 bridgehead atoms. The maximum Gasteiger partial charge on any atom is 0.150 e. The van der Waals surface area contributed by atoms with E-state index < -0.39 is 0 Å². The third kappa shape index (κ3) is 1.48. The lowest BCUT2D eigenvalue weighted by atomic mass is 10.0. The minimum atomic E-state index is 0.913. The van der Waals surface area contributed by atoms with E-state index >= 15 is 0 Å². The van der Waals surface area contributed by atoms with Crippen LogP contribution in [0.4, 0.5) is 5.82 Å². The summed E-state index contributed by atoms with van der Waals surface area (Å²) in [5, 5.41) is 2.19. The Kier molecular flexibility index (Phi) is 2.34. The molecule has 1 aliphatic heterocycles. The van der Waals surface area contributed by atoms with E-state index in [9.17, 15) is 0 Å². The fourth-order valence-electron chi connectivity index (χ4n) is 3.59. The highest BCUT2D eigenvalue weighted by molar-refractivity contribution is 7.18. The number of thiophene rings is 1. The first kappa shape index (κ1) is 10.7. The SMILES string of the molecule is Cc1csc2c(N3CC4CCCC4C3)ncnc12. The Labute approximate surface area is 111 Å². The number of fused-ring (bicyclic) bond motifs is 2. The van der Waals surface area contributed by atoms with Gasteiger partial charge in [-0.15, -0.1) is 11.3 Å². The van der Waals surface area contributed by atoms with E-state index in [1.54, 1.807) is 17.7 Å². The number of hydrogen-bond donors (Lipinski definition) is 0. The molecular formula is C14H17N3S. The van der Waals surface area contributed by atoms with Crippen molar-refractivity contribution in [2.45, 2.75) is 26.2 Å². The summed E-state index contributed by atoms with van der Waals surface area (Å²) in [4.78, 5) is 11.5. The van der Waals surface area contributed by atoms with Crippen LogP contribution in [0.5, 0.6) is 0 Å². The van der Waals surface area contributed by atoms with Crippen LogP contribution < -0.4 is 4.90 Å². The van der Waals surface area contributed by atoms with Crippen molar-refractivity contribution in [1.29, 1.82) is 0 Å². The van der Waals surface area contributed by atoms with Gasteiger partial charge in [0, 0.05) is 13.1 Å². The average molecular weight is 259 g/mol. The monoisotopic (exact) mass is 259 g/mol. The molecule has 1 saturated carbocycles. The van der Waals surface area contributed by atoms with E-state index in [4.69, 9.17) is 0 Å². The molecule has 94 valence electrons. The number of nitrogens with zero attached hydrogens (tertiary/aromatic N) is 3. The summed E-state index contributed by atoms with van der Waals surface area (Å²) in [6.07, 6.45) is 5.99. The fourth-order valence-corrected chi connectivity index (χ4v) is 4.61. The van der Waals surface area contributed by atoms with Crippen LogP contribution in [0.1, 0.15) is 24.8 Å². The number of hydrogen-bond acceptors (Lipinski definition) is 4. The second kappa shape index (κ2) is 3.92. The Morgan fingerprint density at radius 1 is 1.22 bits per heavy atom. The summed E-state index contributed by atoms with van der Waals surface area (Å²) in [7, 11) is 0. The highest BCUT2D eigenvalue weighted by Gasteiger charge is 2.37. The Morgan fingerprint density at radius 2 is 2.00 bits per heavy atom. The summed E-state index contributed by atoms with van der Waals surface area (Å²) in [5.41, 5.74) is 2.42. The largest absolute Gasteiger partial charge is 0.355 e. The van der Waals surface area contributed by atoms with Crippen LogP contribution >= 0.6 is 11.3 Å². The molecule has 2 atom stereocenters. The lowest BCUT2D eigenvalue weighted by Crippen LogP contribution is -2.21. The van der Waals surface area contributed by atoms with Gasteiger partial charge in [-0.3, -0.25) is 0 Å². The van der Waals surface area contributed by atoms with Crippen LogP contribution in [-0.2, 0) is 0 Å². The Hall–Kier alpha value is -1.16. The van der Waals surface area contributed by atoms with Gasteiger partial charge in [0.25, 0.3) is 0 Å². The van der Waals surface area contributed by atoms with Crippen molar-refractivity contribution >= 4 is 27.4 Å². The van der Waals surface area contributed by atoms with Crippen LogP contribution in [0.2, 0.25) is 0 Å². The third-order valence-corrected chi connectivity index (χ3v) is 5.62. The summed E-state index contributed by atoms with van der Waals surface area (Å²) < 4.78 is 1.27. The van der Waals surface area contributed by atoms with Gasteiger partial charge in [0.1, 0.15) is 12.1 Å². The van der Waals surface area contributed by atoms with Gasteiger partial charge < -0.3 is 4.90 Å². The fraction of sp³-hybridized carbons (Fsp3) is 0.571. The number of aromatic nitrogens is 2. The highest BCUT2D eigenvalue weighted by atomic mass is 32.1. The zero-order valence-electron chi connectivity index (χ0n) is 10.6. The first-order valence-electron chi connectivity index (χ1n) is 6.76. The normalized spacial score (nSPS) is 27.1.